The predicted octanol–water partition coefficient (Wildman–Crippen LogP) is 2.38. The molecule has 0 spiro atoms. The van der Waals surface area contributed by atoms with Crippen LogP contribution in [-0.4, -0.2) is 32.7 Å². The van der Waals surface area contributed by atoms with Gasteiger partial charge in [0.1, 0.15) is 0 Å². The van der Waals surface area contributed by atoms with Gasteiger partial charge in [0, 0.05) is 23.9 Å². The monoisotopic (exact) mass is 380 g/mol. The van der Waals surface area contributed by atoms with Gasteiger partial charge in [-0.25, -0.2) is 4.79 Å². The van der Waals surface area contributed by atoms with Crippen LogP contribution in [0, 0.1) is 13.8 Å². The van der Waals surface area contributed by atoms with E-state index in [1.165, 1.54) is 13.1 Å². The molecule has 8 heteroatoms. The number of amides is 1. The van der Waals surface area contributed by atoms with Crippen LogP contribution in [-0.2, 0) is 16.6 Å². The van der Waals surface area contributed by atoms with Crippen LogP contribution >= 0.6 is 15.9 Å². The van der Waals surface area contributed by atoms with Crippen molar-refractivity contribution in [2.75, 3.05) is 5.32 Å². The zero-order valence-electron chi connectivity index (χ0n) is 13.3. The van der Waals surface area contributed by atoms with E-state index in [2.05, 4.69) is 31.3 Å². The van der Waals surface area contributed by atoms with Crippen LogP contribution in [0.1, 0.15) is 28.7 Å². The lowest BCUT2D eigenvalue weighted by atomic mass is 10.2. The zero-order chi connectivity index (χ0) is 17.1. The van der Waals surface area contributed by atoms with E-state index in [0.29, 0.717) is 15.9 Å². The summed E-state index contributed by atoms with van der Waals surface area (Å²) in [6.45, 7) is 5.16. The Labute approximate surface area is 142 Å². The summed E-state index contributed by atoms with van der Waals surface area (Å²) in [5.41, 5.74) is 2.43. The minimum atomic E-state index is -0.944. The molecular weight excluding hydrogens is 364 g/mol. The summed E-state index contributed by atoms with van der Waals surface area (Å²) in [7, 11) is 1.79. The lowest BCUT2D eigenvalue weighted by molar-refractivity contribution is -0.123. The second kappa shape index (κ2) is 6.91. The molecule has 0 bridgehead atoms. The van der Waals surface area contributed by atoms with Crippen LogP contribution in [0.25, 0.3) is 0 Å². The van der Waals surface area contributed by atoms with Crippen molar-refractivity contribution < 1.29 is 14.3 Å². The number of aryl methyl sites for hydroxylation is 2. The van der Waals surface area contributed by atoms with Gasteiger partial charge in [0.2, 0.25) is 0 Å². The number of hydrogen-bond donors (Lipinski definition) is 1. The highest BCUT2D eigenvalue weighted by atomic mass is 79.9. The molecule has 0 saturated heterocycles. The maximum atomic E-state index is 12.2. The number of hydrogen-bond acceptors (Lipinski definition) is 5. The molecule has 0 aliphatic carbocycles. The third-order valence-corrected chi connectivity index (χ3v) is 3.78. The number of nitrogens with one attached hydrogen (secondary N) is 1. The van der Waals surface area contributed by atoms with Crippen molar-refractivity contribution in [3.8, 4) is 0 Å². The van der Waals surface area contributed by atoms with Crippen LogP contribution in [0.4, 0.5) is 5.69 Å². The topological polar surface area (TPSA) is 86.1 Å². The molecule has 0 radical (unpaired) electrons. The fourth-order valence-electron chi connectivity index (χ4n) is 1.98. The summed E-state index contributed by atoms with van der Waals surface area (Å²) >= 11 is 3.23. The number of carbonyl (C=O) groups excluding carboxylic acids is 2. The minimum Gasteiger partial charge on any atom is -0.449 e. The lowest BCUT2D eigenvalue weighted by Gasteiger charge is -2.13. The fraction of sp³-hybridized carbons (Fsp3) is 0.333. The first-order valence-corrected chi connectivity index (χ1v) is 7.71. The first-order chi connectivity index (χ1) is 10.8. The van der Waals surface area contributed by atoms with E-state index < -0.39 is 18.0 Å². The number of pyridine rings is 1. The van der Waals surface area contributed by atoms with E-state index in [1.807, 2.05) is 6.92 Å². The average Bonchev–Trinajstić information content (AvgIpc) is 2.73. The third-order valence-electron chi connectivity index (χ3n) is 3.35. The van der Waals surface area contributed by atoms with Gasteiger partial charge in [0.25, 0.3) is 5.91 Å². The first kappa shape index (κ1) is 17.1. The molecule has 0 saturated carbocycles. The van der Waals surface area contributed by atoms with Crippen LogP contribution in [0.2, 0.25) is 0 Å². The van der Waals surface area contributed by atoms with Crippen LogP contribution < -0.4 is 5.32 Å². The van der Waals surface area contributed by atoms with E-state index >= 15 is 0 Å². The molecule has 2 aromatic rings. The standard InChI is InChI=1S/C15H17BrN4O3/c1-8-13(9(2)20(4)19-8)18-14(21)10(3)23-15(22)11-5-12(16)7-17-6-11/h5-7,10H,1-4H3,(H,18,21)/t10-/m0/s1. The summed E-state index contributed by atoms with van der Waals surface area (Å²) in [4.78, 5) is 28.1. The Balaban J connectivity index is 2.04. The van der Waals surface area contributed by atoms with E-state index in [4.69, 9.17) is 4.74 Å². The number of nitrogens with zero attached hydrogens (tertiary/aromatic N) is 3. The molecule has 0 unspecified atom stereocenters. The highest BCUT2D eigenvalue weighted by Crippen LogP contribution is 2.19. The van der Waals surface area contributed by atoms with Gasteiger partial charge in [-0.1, -0.05) is 0 Å². The maximum Gasteiger partial charge on any atom is 0.340 e. The molecular formula is C15H17BrN4O3. The Bertz CT molecular complexity index is 757. The summed E-state index contributed by atoms with van der Waals surface area (Å²) in [5, 5.41) is 6.96. The lowest BCUT2D eigenvalue weighted by Crippen LogP contribution is -2.30. The van der Waals surface area contributed by atoms with Gasteiger partial charge >= 0.3 is 5.97 Å². The van der Waals surface area contributed by atoms with Gasteiger partial charge in [-0.2, -0.15) is 5.10 Å². The average molecular weight is 381 g/mol. The summed E-state index contributed by atoms with van der Waals surface area (Å²) < 4.78 is 7.51. The quantitative estimate of drug-likeness (QED) is 0.822. The highest BCUT2D eigenvalue weighted by Gasteiger charge is 2.21. The molecule has 0 fully saturated rings. The van der Waals surface area contributed by atoms with Gasteiger partial charge < -0.3 is 10.1 Å². The van der Waals surface area contributed by atoms with E-state index in [0.717, 1.165) is 5.69 Å². The van der Waals surface area contributed by atoms with Crippen molar-refractivity contribution in [3.05, 3.63) is 39.9 Å². The van der Waals surface area contributed by atoms with Gasteiger partial charge in [-0.15, -0.1) is 0 Å². The Morgan fingerprint density at radius 3 is 2.61 bits per heavy atom. The molecule has 7 nitrogen and oxygen atoms in total. The van der Waals surface area contributed by atoms with Gasteiger partial charge in [-0.3, -0.25) is 14.5 Å². The molecule has 1 atom stereocenters. The predicted molar refractivity (Wildman–Crippen MR) is 88.1 cm³/mol. The molecule has 0 aliphatic heterocycles. The summed E-state index contributed by atoms with van der Waals surface area (Å²) in [6, 6.07) is 1.58. The molecule has 0 aromatic carbocycles. The molecule has 1 amide bonds. The normalized spacial score (nSPS) is 11.9. The molecule has 122 valence electrons. The molecule has 23 heavy (non-hydrogen) atoms. The number of ether oxygens (including phenoxy) is 1. The van der Waals surface area contributed by atoms with E-state index in [-0.39, 0.29) is 5.56 Å². The number of anilines is 1. The van der Waals surface area contributed by atoms with Gasteiger partial charge in [0.05, 0.1) is 22.6 Å². The number of halogens is 1. The molecule has 2 heterocycles. The zero-order valence-corrected chi connectivity index (χ0v) is 14.8. The van der Waals surface area contributed by atoms with Crippen LogP contribution in [0.3, 0.4) is 0 Å². The smallest absolute Gasteiger partial charge is 0.340 e. The fourth-order valence-corrected chi connectivity index (χ4v) is 2.35. The highest BCUT2D eigenvalue weighted by molar-refractivity contribution is 9.10. The number of esters is 1. The first-order valence-electron chi connectivity index (χ1n) is 6.92. The van der Waals surface area contributed by atoms with Gasteiger partial charge in [-0.05, 0) is 42.8 Å². The summed E-state index contributed by atoms with van der Waals surface area (Å²) in [6.07, 6.45) is 1.99. The Kier molecular flexibility index (Phi) is 5.15. The van der Waals surface area contributed by atoms with Crippen molar-refractivity contribution >= 4 is 33.5 Å². The minimum absolute atomic E-state index is 0.271. The third kappa shape index (κ3) is 3.95. The van der Waals surface area contributed by atoms with Crippen LogP contribution in [0.5, 0.6) is 0 Å². The van der Waals surface area contributed by atoms with Crippen molar-refractivity contribution in [2.24, 2.45) is 7.05 Å². The van der Waals surface area contributed by atoms with Crippen molar-refractivity contribution in [3.63, 3.8) is 0 Å². The van der Waals surface area contributed by atoms with Gasteiger partial charge in [0.15, 0.2) is 6.10 Å². The molecule has 1 N–H and O–H groups in total. The maximum absolute atomic E-state index is 12.2. The molecule has 0 aliphatic rings. The Morgan fingerprint density at radius 1 is 1.35 bits per heavy atom. The van der Waals surface area contributed by atoms with E-state index in [1.54, 1.807) is 30.9 Å². The number of rotatable bonds is 4. The number of aromatic nitrogens is 3. The second-order valence-electron chi connectivity index (χ2n) is 5.10. The number of carbonyl (C=O) groups is 2. The second-order valence-corrected chi connectivity index (χ2v) is 6.01. The Morgan fingerprint density at radius 2 is 2.04 bits per heavy atom. The molecule has 2 rings (SSSR count). The molecule has 2 aromatic heterocycles. The van der Waals surface area contributed by atoms with Crippen molar-refractivity contribution in [1.82, 2.24) is 14.8 Å². The van der Waals surface area contributed by atoms with Crippen LogP contribution in [0.15, 0.2) is 22.9 Å². The SMILES string of the molecule is Cc1nn(C)c(C)c1NC(=O)[C@H](C)OC(=O)c1cncc(Br)c1. The van der Waals surface area contributed by atoms with E-state index in [9.17, 15) is 9.59 Å². The van der Waals surface area contributed by atoms with Crippen molar-refractivity contribution in [2.45, 2.75) is 26.9 Å². The largest absolute Gasteiger partial charge is 0.449 e. The van der Waals surface area contributed by atoms with Crippen molar-refractivity contribution in [1.29, 1.82) is 0 Å². The Hall–Kier alpha value is -2.22. The summed E-state index contributed by atoms with van der Waals surface area (Å²) in [5.74, 6) is -1.03.